The lowest BCUT2D eigenvalue weighted by atomic mass is 9.84. The third kappa shape index (κ3) is 5.28. The third-order valence-electron chi connectivity index (χ3n) is 8.61. The van der Waals surface area contributed by atoms with E-state index in [9.17, 15) is 14.7 Å². The first-order chi connectivity index (χ1) is 19.9. The van der Waals surface area contributed by atoms with Crippen molar-refractivity contribution in [3.8, 4) is 5.75 Å². The molecule has 1 amide bonds. The van der Waals surface area contributed by atoms with Gasteiger partial charge < -0.3 is 14.7 Å². The van der Waals surface area contributed by atoms with E-state index >= 15 is 0 Å². The highest BCUT2D eigenvalue weighted by Crippen LogP contribution is 2.35. The number of aryl methyl sites for hydroxylation is 3. The van der Waals surface area contributed by atoms with Crippen molar-refractivity contribution < 1.29 is 19.4 Å². The zero-order chi connectivity index (χ0) is 28.5. The Kier molecular flexibility index (Phi) is 7.43. The lowest BCUT2D eigenvalue weighted by Crippen LogP contribution is -2.36. The van der Waals surface area contributed by atoms with Crippen molar-refractivity contribution in [2.75, 3.05) is 13.7 Å². The zero-order valence-corrected chi connectivity index (χ0v) is 23.6. The molecule has 2 aromatic carbocycles. The Hall–Kier alpha value is -4.27. The molecule has 0 spiro atoms. The van der Waals surface area contributed by atoms with Gasteiger partial charge in [0.2, 0.25) is 0 Å². The van der Waals surface area contributed by atoms with Crippen LogP contribution in [0.3, 0.4) is 0 Å². The number of methoxy groups -OCH3 is 1. The number of carbonyl (C=O) groups is 2. The number of ether oxygens (including phenoxy) is 1. The summed E-state index contributed by atoms with van der Waals surface area (Å²) < 4.78 is 7.54. The van der Waals surface area contributed by atoms with Crippen LogP contribution in [0, 0.1) is 6.92 Å². The average Bonchev–Trinajstić information content (AvgIpc) is 3.40. The number of amides is 1. The van der Waals surface area contributed by atoms with Crippen LogP contribution in [0.1, 0.15) is 81.8 Å². The number of aromatic nitrogens is 4. The highest BCUT2D eigenvalue weighted by Gasteiger charge is 2.27. The van der Waals surface area contributed by atoms with Gasteiger partial charge in [0.05, 0.1) is 13.5 Å². The van der Waals surface area contributed by atoms with Gasteiger partial charge in [0.25, 0.3) is 5.91 Å². The molecule has 0 unspecified atom stereocenters. The predicted octanol–water partition coefficient (Wildman–Crippen LogP) is 5.06. The number of pyridine rings is 1. The van der Waals surface area contributed by atoms with Crippen molar-refractivity contribution in [3.05, 3.63) is 81.5 Å². The van der Waals surface area contributed by atoms with Crippen LogP contribution in [0.2, 0.25) is 0 Å². The zero-order valence-electron chi connectivity index (χ0n) is 23.6. The highest BCUT2D eigenvalue weighted by molar-refractivity contribution is 5.95. The molecule has 0 radical (unpaired) electrons. The Morgan fingerprint density at radius 2 is 1.85 bits per heavy atom. The second-order valence-corrected chi connectivity index (χ2v) is 11.2. The smallest absolute Gasteiger partial charge is 0.304 e. The van der Waals surface area contributed by atoms with E-state index in [1.54, 1.807) is 13.3 Å². The van der Waals surface area contributed by atoms with Gasteiger partial charge in [-0.2, -0.15) is 0 Å². The minimum Gasteiger partial charge on any atom is -0.496 e. The molecule has 9 nitrogen and oxygen atoms in total. The van der Waals surface area contributed by atoms with Gasteiger partial charge in [0, 0.05) is 37.3 Å². The van der Waals surface area contributed by atoms with E-state index in [0.29, 0.717) is 24.2 Å². The monoisotopic (exact) mass is 553 g/mol. The van der Waals surface area contributed by atoms with Gasteiger partial charge in [-0.3, -0.25) is 9.59 Å². The summed E-state index contributed by atoms with van der Waals surface area (Å²) in [6.45, 7) is 3.80. The summed E-state index contributed by atoms with van der Waals surface area (Å²) >= 11 is 0. The molecule has 7 heterocycles. The standard InChI is InChI=1S/C32H35N5O4/c1-20-27-18-33-31-30(20)34-35-37(31)13-6-4-3-5-7-22-9-11-24(16-28(22)41-2)32(40)36-14-12-21-8-10-23(15-25(21)19-36)26(27)17-29(38)39/h8-11,15-16,18,26H,3-7,12-14,17,19H2,1-2H3,(H,38,39)/t26-/m0/s1. The van der Waals surface area contributed by atoms with E-state index in [1.807, 2.05) is 40.8 Å². The van der Waals surface area contributed by atoms with Gasteiger partial charge in [-0.25, -0.2) is 9.67 Å². The maximum absolute atomic E-state index is 13.6. The number of carboxylic acid groups (broad SMARTS) is 1. The van der Waals surface area contributed by atoms with Crippen LogP contribution >= 0.6 is 0 Å². The van der Waals surface area contributed by atoms with Crippen LogP contribution in [0.4, 0.5) is 0 Å². The number of carboxylic acids is 1. The molecule has 5 aliphatic heterocycles. The summed E-state index contributed by atoms with van der Waals surface area (Å²) in [7, 11) is 1.66. The van der Waals surface area contributed by atoms with Gasteiger partial charge in [0.15, 0.2) is 5.65 Å². The number of carbonyl (C=O) groups excluding carboxylic acids is 1. The van der Waals surface area contributed by atoms with Crippen LogP contribution in [-0.4, -0.2) is 55.5 Å². The predicted molar refractivity (Wildman–Crippen MR) is 154 cm³/mol. The largest absolute Gasteiger partial charge is 0.496 e. The quantitative estimate of drug-likeness (QED) is 0.377. The van der Waals surface area contributed by atoms with E-state index in [0.717, 1.165) is 84.3 Å². The van der Waals surface area contributed by atoms with Gasteiger partial charge in [0.1, 0.15) is 11.3 Å². The average molecular weight is 554 g/mol. The molecule has 5 aliphatic rings. The van der Waals surface area contributed by atoms with E-state index in [-0.39, 0.29) is 12.3 Å². The van der Waals surface area contributed by atoms with Crippen LogP contribution in [0.5, 0.6) is 5.75 Å². The molecule has 0 saturated heterocycles. The van der Waals surface area contributed by atoms with Crippen LogP contribution in [0.25, 0.3) is 11.2 Å². The fourth-order valence-electron chi connectivity index (χ4n) is 6.29. The maximum atomic E-state index is 13.6. The summed E-state index contributed by atoms with van der Waals surface area (Å²) in [6, 6.07) is 12.0. The fraction of sp³-hybridized carbons (Fsp3) is 0.406. The van der Waals surface area contributed by atoms with Gasteiger partial charge in [-0.05, 0) is 78.1 Å². The molecule has 212 valence electrons. The number of benzene rings is 2. The third-order valence-corrected chi connectivity index (χ3v) is 8.61. The van der Waals surface area contributed by atoms with Crippen molar-refractivity contribution in [2.24, 2.45) is 0 Å². The first kappa shape index (κ1) is 26.9. The minimum absolute atomic E-state index is 0.0243. The molecule has 4 aromatic rings. The van der Waals surface area contributed by atoms with Crippen molar-refractivity contribution in [2.45, 2.75) is 70.9 Å². The summed E-state index contributed by atoms with van der Waals surface area (Å²) in [6.07, 6.45) is 7.46. The molecule has 0 aliphatic carbocycles. The molecule has 1 N–H and O–H groups in total. The number of rotatable bonds is 3. The Labute approximate surface area is 239 Å². The summed E-state index contributed by atoms with van der Waals surface area (Å²) in [5, 5.41) is 18.7. The van der Waals surface area contributed by atoms with E-state index < -0.39 is 11.9 Å². The normalized spacial score (nSPS) is 17.7. The van der Waals surface area contributed by atoms with Crippen LogP contribution < -0.4 is 4.74 Å². The van der Waals surface area contributed by atoms with Crippen molar-refractivity contribution >= 4 is 23.0 Å². The lowest BCUT2D eigenvalue weighted by Gasteiger charge is -2.30. The van der Waals surface area contributed by atoms with E-state index in [2.05, 4.69) is 22.4 Å². The number of nitrogens with zero attached hydrogens (tertiary/aromatic N) is 5. The van der Waals surface area contributed by atoms with Gasteiger partial charge in [-0.15, -0.1) is 5.10 Å². The molecular weight excluding hydrogens is 518 g/mol. The topological polar surface area (TPSA) is 110 Å². The molecule has 9 heteroatoms. The first-order valence-electron chi connectivity index (χ1n) is 14.4. The molecule has 9 bridgehead atoms. The minimum atomic E-state index is -0.883. The molecule has 9 rings (SSSR count). The molecule has 0 fully saturated rings. The Morgan fingerprint density at radius 1 is 1.02 bits per heavy atom. The summed E-state index contributed by atoms with van der Waals surface area (Å²) in [5.74, 6) is -0.556. The van der Waals surface area contributed by atoms with Crippen molar-refractivity contribution in [1.82, 2.24) is 24.9 Å². The Bertz CT molecular complexity index is 1630. The highest BCUT2D eigenvalue weighted by atomic mass is 16.5. The lowest BCUT2D eigenvalue weighted by molar-refractivity contribution is -0.137. The number of aliphatic carboxylic acids is 1. The maximum Gasteiger partial charge on any atom is 0.304 e. The van der Waals surface area contributed by atoms with E-state index in [1.165, 1.54) is 5.56 Å². The van der Waals surface area contributed by atoms with Crippen LogP contribution in [-0.2, 0) is 30.7 Å². The van der Waals surface area contributed by atoms with Crippen molar-refractivity contribution in [3.63, 3.8) is 0 Å². The second-order valence-electron chi connectivity index (χ2n) is 11.2. The fourth-order valence-corrected chi connectivity index (χ4v) is 6.29. The summed E-state index contributed by atoms with van der Waals surface area (Å²) in [4.78, 5) is 32.2. The SMILES string of the molecule is COc1cc2ccc1CCCCCCn1nnc3c(C)c(cnc31)[C@@H](CC(=O)O)c1ccc3c(c1)CN(CC3)C2=O. The number of hydrogen-bond acceptors (Lipinski definition) is 6. The van der Waals surface area contributed by atoms with E-state index in [4.69, 9.17) is 9.72 Å². The molecule has 1 atom stereocenters. The first-order valence-corrected chi connectivity index (χ1v) is 14.4. The van der Waals surface area contributed by atoms with Gasteiger partial charge in [-0.1, -0.05) is 42.3 Å². The van der Waals surface area contributed by atoms with Crippen molar-refractivity contribution in [1.29, 1.82) is 0 Å². The van der Waals surface area contributed by atoms with Gasteiger partial charge >= 0.3 is 5.97 Å². The second kappa shape index (κ2) is 11.3. The molecule has 41 heavy (non-hydrogen) atoms. The summed E-state index contributed by atoms with van der Waals surface area (Å²) in [5.41, 5.74) is 8.04. The Balaban J connectivity index is 1.42. The Morgan fingerprint density at radius 3 is 2.68 bits per heavy atom. The number of hydrogen-bond donors (Lipinski definition) is 1. The molecular formula is C32H35N5O4. The van der Waals surface area contributed by atoms with Crippen LogP contribution in [0.15, 0.2) is 42.6 Å². The molecule has 0 saturated carbocycles. The molecule has 2 aromatic heterocycles.